The van der Waals surface area contributed by atoms with Gasteiger partial charge in [-0.1, -0.05) is 43.2 Å². The third-order valence-electron chi connectivity index (χ3n) is 2.88. The van der Waals surface area contributed by atoms with Crippen LogP contribution in [0.15, 0.2) is 24.3 Å². The molecule has 0 saturated carbocycles. The van der Waals surface area contributed by atoms with Crippen LogP contribution in [-0.4, -0.2) is 17.8 Å². The largest absolute Gasteiger partial charge is 0.355 e. The molecule has 0 aromatic heterocycles. The SMILES string of the molecule is CCCC(Cl)CNC(=O)CCc1ccc(C)cc1. The topological polar surface area (TPSA) is 29.1 Å². The highest BCUT2D eigenvalue weighted by Gasteiger charge is 2.06. The Morgan fingerprint density at radius 3 is 2.61 bits per heavy atom. The lowest BCUT2D eigenvalue weighted by molar-refractivity contribution is -0.121. The maximum Gasteiger partial charge on any atom is 0.220 e. The average molecular weight is 268 g/mol. The number of nitrogens with one attached hydrogen (secondary N) is 1. The first kappa shape index (κ1) is 15.0. The van der Waals surface area contributed by atoms with Crippen LogP contribution >= 0.6 is 11.6 Å². The monoisotopic (exact) mass is 267 g/mol. The Kier molecular flexibility index (Phi) is 6.81. The Balaban J connectivity index is 2.22. The molecule has 1 N–H and O–H groups in total. The number of amides is 1. The number of carbonyl (C=O) groups is 1. The highest BCUT2D eigenvalue weighted by atomic mass is 35.5. The first-order valence-corrected chi connectivity index (χ1v) is 7.01. The Labute approximate surface area is 115 Å². The van der Waals surface area contributed by atoms with Gasteiger partial charge in [0, 0.05) is 13.0 Å². The van der Waals surface area contributed by atoms with Crippen LogP contribution in [-0.2, 0) is 11.2 Å². The molecule has 0 fully saturated rings. The zero-order valence-corrected chi connectivity index (χ0v) is 12.0. The van der Waals surface area contributed by atoms with Gasteiger partial charge in [0.25, 0.3) is 0 Å². The molecule has 0 aliphatic carbocycles. The smallest absolute Gasteiger partial charge is 0.220 e. The molecule has 3 heteroatoms. The molecule has 0 spiro atoms. The Bertz CT molecular complexity index is 361. The highest BCUT2D eigenvalue weighted by Crippen LogP contribution is 2.06. The summed E-state index contributed by atoms with van der Waals surface area (Å²) in [6.07, 6.45) is 3.30. The molecular formula is C15H22ClNO. The fourth-order valence-corrected chi connectivity index (χ4v) is 2.04. The Hall–Kier alpha value is -1.02. The van der Waals surface area contributed by atoms with E-state index in [0.29, 0.717) is 13.0 Å². The number of alkyl halides is 1. The van der Waals surface area contributed by atoms with Gasteiger partial charge >= 0.3 is 0 Å². The van der Waals surface area contributed by atoms with Crippen LogP contribution in [0.2, 0.25) is 0 Å². The van der Waals surface area contributed by atoms with E-state index in [-0.39, 0.29) is 11.3 Å². The molecule has 0 radical (unpaired) electrons. The molecule has 100 valence electrons. The predicted octanol–water partition coefficient (Wildman–Crippen LogP) is 3.45. The number of hydrogen-bond donors (Lipinski definition) is 1. The minimum atomic E-state index is 0.0540. The van der Waals surface area contributed by atoms with E-state index in [1.807, 2.05) is 0 Å². The van der Waals surface area contributed by atoms with Gasteiger partial charge in [0.1, 0.15) is 0 Å². The van der Waals surface area contributed by atoms with Gasteiger partial charge in [0.15, 0.2) is 0 Å². The minimum Gasteiger partial charge on any atom is -0.355 e. The van der Waals surface area contributed by atoms with Crippen molar-refractivity contribution in [2.24, 2.45) is 0 Å². The van der Waals surface area contributed by atoms with Gasteiger partial charge in [0.05, 0.1) is 5.38 Å². The van der Waals surface area contributed by atoms with E-state index in [9.17, 15) is 4.79 Å². The van der Waals surface area contributed by atoms with Crippen molar-refractivity contribution in [2.75, 3.05) is 6.54 Å². The molecule has 1 aromatic carbocycles. The first-order chi connectivity index (χ1) is 8.61. The number of carbonyl (C=O) groups excluding carboxylic acids is 1. The van der Waals surface area contributed by atoms with E-state index in [4.69, 9.17) is 11.6 Å². The molecule has 1 unspecified atom stereocenters. The summed E-state index contributed by atoms with van der Waals surface area (Å²) in [4.78, 5) is 11.6. The second kappa shape index (κ2) is 8.15. The summed E-state index contributed by atoms with van der Waals surface area (Å²) in [5.41, 5.74) is 2.44. The predicted molar refractivity (Wildman–Crippen MR) is 77.1 cm³/mol. The van der Waals surface area contributed by atoms with E-state index >= 15 is 0 Å². The van der Waals surface area contributed by atoms with Crippen LogP contribution in [0.25, 0.3) is 0 Å². The summed E-state index contributed by atoms with van der Waals surface area (Å²) >= 11 is 6.04. The number of aryl methyl sites for hydroxylation is 2. The molecule has 0 bridgehead atoms. The summed E-state index contributed by atoms with van der Waals surface area (Å²) in [5, 5.41) is 2.93. The summed E-state index contributed by atoms with van der Waals surface area (Å²) < 4.78 is 0. The van der Waals surface area contributed by atoms with Crippen LogP contribution in [0.5, 0.6) is 0 Å². The third kappa shape index (κ3) is 6.06. The van der Waals surface area contributed by atoms with E-state index in [2.05, 4.69) is 43.4 Å². The molecular weight excluding hydrogens is 246 g/mol. The van der Waals surface area contributed by atoms with Crippen LogP contribution < -0.4 is 5.32 Å². The lowest BCUT2D eigenvalue weighted by Gasteiger charge is -2.09. The number of benzene rings is 1. The molecule has 1 aromatic rings. The average Bonchev–Trinajstić information content (AvgIpc) is 2.36. The van der Waals surface area contributed by atoms with Gasteiger partial charge in [-0.05, 0) is 25.3 Å². The van der Waals surface area contributed by atoms with Gasteiger partial charge in [-0.2, -0.15) is 0 Å². The summed E-state index contributed by atoms with van der Waals surface area (Å²) in [7, 11) is 0. The second-order valence-corrected chi connectivity index (χ2v) is 5.29. The van der Waals surface area contributed by atoms with E-state index in [1.165, 1.54) is 11.1 Å². The molecule has 0 aliphatic rings. The van der Waals surface area contributed by atoms with Gasteiger partial charge in [-0.25, -0.2) is 0 Å². The number of rotatable bonds is 7. The van der Waals surface area contributed by atoms with Crippen molar-refractivity contribution in [3.05, 3.63) is 35.4 Å². The third-order valence-corrected chi connectivity index (χ3v) is 3.26. The summed E-state index contributed by atoms with van der Waals surface area (Å²) in [6, 6.07) is 8.29. The number of halogens is 1. The molecule has 1 rings (SSSR count). The molecule has 0 saturated heterocycles. The van der Waals surface area contributed by atoms with Crippen LogP contribution in [0.3, 0.4) is 0 Å². The summed E-state index contributed by atoms with van der Waals surface area (Å²) in [5.74, 6) is 0.0809. The normalized spacial score (nSPS) is 12.2. The van der Waals surface area contributed by atoms with Crippen LogP contribution in [0, 0.1) is 6.92 Å². The second-order valence-electron chi connectivity index (χ2n) is 4.68. The standard InChI is InChI=1S/C15H22ClNO/c1-3-4-14(16)11-17-15(18)10-9-13-7-5-12(2)6-8-13/h5-8,14H,3-4,9-11H2,1-2H3,(H,17,18). The lowest BCUT2D eigenvalue weighted by atomic mass is 10.1. The molecule has 1 atom stereocenters. The Morgan fingerprint density at radius 2 is 2.00 bits per heavy atom. The lowest BCUT2D eigenvalue weighted by Crippen LogP contribution is -2.29. The zero-order chi connectivity index (χ0) is 13.4. The van der Waals surface area contributed by atoms with E-state index in [1.54, 1.807) is 0 Å². The molecule has 1 amide bonds. The Morgan fingerprint density at radius 1 is 1.33 bits per heavy atom. The molecule has 18 heavy (non-hydrogen) atoms. The van der Waals surface area contributed by atoms with Crippen molar-refractivity contribution >= 4 is 17.5 Å². The van der Waals surface area contributed by atoms with Crippen molar-refractivity contribution in [3.8, 4) is 0 Å². The molecule has 0 aliphatic heterocycles. The van der Waals surface area contributed by atoms with Crippen molar-refractivity contribution in [3.63, 3.8) is 0 Å². The first-order valence-electron chi connectivity index (χ1n) is 6.58. The van der Waals surface area contributed by atoms with E-state index < -0.39 is 0 Å². The minimum absolute atomic E-state index is 0.0540. The van der Waals surface area contributed by atoms with E-state index in [0.717, 1.165) is 19.3 Å². The maximum absolute atomic E-state index is 11.6. The molecule has 2 nitrogen and oxygen atoms in total. The zero-order valence-electron chi connectivity index (χ0n) is 11.2. The quantitative estimate of drug-likeness (QED) is 0.754. The fourth-order valence-electron chi connectivity index (χ4n) is 1.74. The molecule has 0 heterocycles. The van der Waals surface area contributed by atoms with Crippen molar-refractivity contribution in [2.45, 2.75) is 44.9 Å². The van der Waals surface area contributed by atoms with Crippen LogP contribution in [0.1, 0.15) is 37.3 Å². The maximum atomic E-state index is 11.6. The van der Waals surface area contributed by atoms with Crippen molar-refractivity contribution in [1.29, 1.82) is 0 Å². The van der Waals surface area contributed by atoms with Gasteiger partial charge in [-0.15, -0.1) is 11.6 Å². The highest BCUT2D eigenvalue weighted by molar-refractivity contribution is 6.20. The van der Waals surface area contributed by atoms with Gasteiger partial charge in [-0.3, -0.25) is 4.79 Å². The van der Waals surface area contributed by atoms with Gasteiger partial charge < -0.3 is 5.32 Å². The van der Waals surface area contributed by atoms with Crippen LogP contribution in [0.4, 0.5) is 0 Å². The number of hydrogen-bond acceptors (Lipinski definition) is 1. The van der Waals surface area contributed by atoms with Crippen molar-refractivity contribution in [1.82, 2.24) is 5.32 Å². The van der Waals surface area contributed by atoms with Gasteiger partial charge in [0.2, 0.25) is 5.91 Å². The fraction of sp³-hybridized carbons (Fsp3) is 0.533. The summed E-state index contributed by atoms with van der Waals surface area (Å²) in [6.45, 7) is 4.72. The van der Waals surface area contributed by atoms with Crippen molar-refractivity contribution < 1.29 is 4.79 Å².